The Morgan fingerprint density at radius 1 is 0.765 bits per heavy atom. The molecule has 9 fully saturated rings. The van der Waals surface area contributed by atoms with Gasteiger partial charge in [0.05, 0.1) is 5.54 Å². The molecule has 0 spiro atoms. The van der Waals surface area contributed by atoms with Gasteiger partial charge in [0.15, 0.2) is 0 Å². The predicted molar refractivity (Wildman–Crippen MR) is 129 cm³/mol. The average Bonchev–Trinajstić information content (AvgIpc) is 2.91. The molecule has 3 unspecified atom stereocenters. The number of urea groups is 1. The molecule has 8 bridgehead atoms. The Morgan fingerprint density at radius 3 is 1.85 bits per heavy atom. The second kappa shape index (κ2) is 6.68. The van der Waals surface area contributed by atoms with Crippen molar-refractivity contribution in [3.05, 3.63) is 0 Å². The van der Waals surface area contributed by atoms with Crippen molar-refractivity contribution < 1.29 is 14.4 Å². The summed E-state index contributed by atoms with van der Waals surface area (Å²) in [5, 5.41) is 0. The van der Waals surface area contributed by atoms with Crippen LogP contribution in [0.2, 0.25) is 0 Å². The molecule has 186 valence electrons. The van der Waals surface area contributed by atoms with Crippen LogP contribution in [-0.4, -0.2) is 39.2 Å². The molecule has 0 aromatic carbocycles. The molecule has 5 heteroatoms. The minimum Gasteiger partial charge on any atom is -0.263 e. The van der Waals surface area contributed by atoms with E-state index >= 15 is 0 Å². The zero-order valence-corrected chi connectivity index (χ0v) is 21.4. The molecular weight excluding hydrogens is 424 g/mol. The van der Waals surface area contributed by atoms with Gasteiger partial charge in [0, 0.05) is 6.04 Å². The number of rotatable bonds is 5. The van der Waals surface area contributed by atoms with Crippen LogP contribution in [0.1, 0.15) is 111 Å². The SMILES string of the molecule is CC(CCC12CC3CC(CC(C3)C1)C2)N1C(=O)C(=O)N(C23CC4CC(C)(CC(C)(C4)C2)C3)C1=O. The van der Waals surface area contributed by atoms with Gasteiger partial charge in [0.1, 0.15) is 0 Å². The van der Waals surface area contributed by atoms with Crippen molar-refractivity contribution in [3.8, 4) is 0 Å². The first-order valence-electron chi connectivity index (χ1n) is 14.2. The van der Waals surface area contributed by atoms with Crippen LogP contribution in [0.4, 0.5) is 4.79 Å². The highest BCUT2D eigenvalue weighted by Gasteiger charge is 2.66. The van der Waals surface area contributed by atoms with Crippen LogP contribution < -0.4 is 0 Å². The van der Waals surface area contributed by atoms with Gasteiger partial charge in [-0.3, -0.25) is 14.5 Å². The highest BCUT2D eigenvalue weighted by Crippen LogP contribution is 2.68. The maximum atomic E-state index is 13.8. The Kier molecular flexibility index (Phi) is 4.29. The van der Waals surface area contributed by atoms with Crippen molar-refractivity contribution >= 4 is 17.8 Å². The number of carbonyl (C=O) groups excluding carboxylic acids is 3. The number of hydrogen-bond donors (Lipinski definition) is 0. The summed E-state index contributed by atoms with van der Waals surface area (Å²) >= 11 is 0. The maximum Gasteiger partial charge on any atom is 0.335 e. The first-order valence-corrected chi connectivity index (χ1v) is 14.2. The van der Waals surface area contributed by atoms with E-state index in [-0.39, 0.29) is 22.9 Å². The highest BCUT2D eigenvalue weighted by molar-refractivity contribution is 6.45. The summed E-state index contributed by atoms with van der Waals surface area (Å²) in [6.07, 6.45) is 16.6. The Labute approximate surface area is 204 Å². The molecule has 0 radical (unpaired) electrons. The smallest absolute Gasteiger partial charge is 0.263 e. The molecule has 1 aliphatic heterocycles. The number of imide groups is 2. The minimum absolute atomic E-state index is 0.190. The molecule has 3 atom stereocenters. The van der Waals surface area contributed by atoms with Gasteiger partial charge in [-0.2, -0.15) is 0 Å². The number of amides is 4. The zero-order chi connectivity index (χ0) is 23.7. The Morgan fingerprint density at radius 2 is 1.32 bits per heavy atom. The third kappa shape index (κ3) is 3.00. The van der Waals surface area contributed by atoms with Gasteiger partial charge in [-0.15, -0.1) is 0 Å². The lowest BCUT2D eigenvalue weighted by Crippen LogP contribution is -2.66. The van der Waals surface area contributed by atoms with E-state index in [9.17, 15) is 14.4 Å². The molecule has 4 amide bonds. The Bertz CT molecular complexity index is 917. The third-order valence-corrected chi connectivity index (χ3v) is 11.8. The molecular formula is C29H42N2O3. The van der Waals surface area contributed by atoms with Crippen molar-refractivity contribution in [3.63, 3.8) is 0 Å². The fourth-order valence-electron chi connectivity index (χ4n) is 12.2. The van der Waals surface area contributed by atoms with Gasteiger partial charge in [-0.1, -0.05) is 13.8 Å². The van der Waals surface area contributed by atoms with Crippen molar-refractivity contribution in [1.82, 2.24) is 9.80 Å². The van der Waals surface area contributed by atoms with E-state index in [0.717, 1.165) is 49.9 Å². The monoisotopic (exact) mass is 466 g/mol. The van der Waals surface area contributed by atoms with Crippen LogP contribution in [0, 0.1) is 39.9 Å². The van der Waals surface area contributed by atoms with Gasteiger partial charge in [-0.25, -0.2) is 9.69 Å². The largest absolute Gasteiger partial charge is 0.335 e. The fraction of sp³-hybridized carbons (Fsp3) is 0.897. The van der Waals surface area contributed by atoms with E-state index in [4.69, 9.17) is 0 Å². The predicted octanol–water partition coefficient (Wildman–Crippen LogP) is 5.91. The molecule has 9 rings (SSSR count). The molecule has 1 saturated heterocycles. The second-order valence-corrected chi connectivity index (χ2v) is 15.3. The number of carbonyl (C=O) groups is 3. The quantitative estimate of drug-likeness (QED) is 0.374. The normalized spacial score (nSPS) is 51.8. The van der Waals surface area contributed by atoms with E-state index < -0.39 is 17.4 Å². The summed E-state index contributed by atoms with van der Waals surface area (Å²) in [5.41, 5.74) is 0.368. The number of hydrogen-bond acceptors (Lipinski definition) is 3. The molecule has 9 aliphatic rings. The molecule has 1 heterocycles. The van der Waals surface area contributed by atoms with Gasteiger partial charge < -0.3 is 0 Å². The van der Waals surface area contributed by atoms with Crippen molar-refractivity contribution in [2.75, 3.05) is 0 Å². The lowest BCUT2D eigenvalue weighted by molar-refractivity contribution is -0.164. The number of nitrogens with zero attached hydrogens (tertiary/aromatic N) is 2. The second-order valence-electron chi connectivity index (χ2n) is 15.3. The summed E-state index contributed by atoms with van der Waals surface area (Å²) in [6, 6.07) is -0.496. The lowest BCUT2D eigenvalue weighted by Gasteiger charge is -2.66. The third-order valence-electron chi connectivity index (χ3n) is 11.8. The Balaban J connectivity index is 1.10. The summed E-state index contributed by atoms with van der Waals surface area (Å²) in [5.74, 6) is 2.20. The van der Waals surface area contributed by atoms with Crippen LogP contribution in [0.5, 0.6) is 0 Å². The summed E-state index contributed by atoms with van der Waals surface area (Å²) in [7, 11) is 0. The molecule has 0 N–H and O–H groups in total. The Hall–Kier alpha value is -1.39. The molecule has 8 saturated carbocycles. The zero-order valence-electron chi connectivity index (χ0n) is 21.4. The first-order chi connectivity index (χ1) is 16.0. The van der Waals surface area contributed by atoms with Crippen LogP contribution in [0.15, 0.2) is 0 Å². The first kappa shape index (κ1) is 21.9. The van der Waals surface area contributed by atoms with Gasteiger partial charge in [0.2, 0.25) is 0 Å². The maximum absolute atomic E-state index is 13.8. The highest BCUT2D eigenvalue weighted by atomic mass is 16.2. The van der Waals surface area contributed by atoms with Crippen molar-refractivity contribution in [2.24, 2.45) is 39.9 Å². The fourth-order valence-corrected chi connectivity index (χ4v) is 12.2. The van der Waals surface area contributed by atoms with Crippen LogP contribution in [0.25, 0.3) is 0 Å². The average molecular weight is 467 g/mol. The summed E-state index contributed by atoms with van der Waals surface area (Å²) < 4.78 is 0. The van der Waals surface area contributed by atoms with Crippen molar-refractivity contribution in [1.29, 1.82) is 0 Å². The molecule has 5 nitrogen and oxygen atoms in total. The van der Waals surface area contributed by atoms with Crippen LogP contribution >= 0.6 is 0 Å². The van der Waals surface area contributed by atoms with Crippen LogP contribution in [0.3, 0.4) is 0 Å². The van der Waals surface area contributed by atoms with E-state index in [1.807, 2.05) is 6.92 Å². The minimum atomic E-state index is -0.561. The van der Waals surface area contributed by atoms with Gasteiger partial charge >= 0.3 is 17.8 Å². The molecule has 0 aromatic rings. The summed E-state index contributed by atoms with van der Waals surface area (Å²) in [6.45, 7) is 6.71. The summed E-state index contributed by atoms with van der Waals surface area (Å²) in [4.78, 5) is 43.3. The van der Waals surface area contributed by atoms with Gasteiger partial charge in [0.25, 0.3) is 0 Å². The lowest BCUT2D eigenvalue weighted by atomic mass is 9.42. The van der Waals surface area contributed by atoms with E-state index in [0.29, 0.717) is 11.3 Å². The van der Waals surface area contributed by atoms with Crippen LogP contribution in [-0.2, 0) is 9.59 Å². The molecule has 34 heavy (non-hydrogen) atoms. The molecule has 0 aromatic heterocycles. The van der Waals surface area contributed by atoms with E-state index in [1.54, 1.807) is 0 Å². The molecule has 8 aliphatic carbocycles. The van der Waals surface area contributed by atoms with Crippen molar-refractivity contribution in [2.45, 2.75) is 122 Å². The standard InChI is InChI=1S/C29H42N2O3/c1-18(4-5-28-11-19-6-20(12-28)8-21(7-19)13-28)30-23(32)24(33)31(25(30)34)29-14-22-9-26(2,16-29)15-27(3,10-22)17-29/h18-22H,4-17H2,1-3H3. The topological polar surface area (TPSA) is 57.7 Å². The van der Waals surface area contributed by atoms with E-state index in [2.05, 4.69) is 13.8 Å². The van der Waals surface area contributed by atoms with Gasteiger partial charge in [-0.05, 0) is 137 Å². The van der Waals surface area contributed by atoms with E-state index in [1.165, 1.54) is 67.6 Å².